The van der Waals surface area contributed by atoms with Crippen molar-refractivity contribution < 1.29 is 9.53 Å². The van der Waals surface area contributed by atoms with Crippen LogP contribution in [0.4, 0.5) is 0 Å². The molecule has 0 aliphatic heterocycles. The Balaban J connectivity index is 3.19. The molecule has 0 radical (unpaired) electrons. The average molecular weight is 168 g/mol. The standard InChI is InChI=1S/C10H16O2/c1-3-5-6-7-8-10(11)12-9-4-2/h3-4H,1-2,5-9H2. The maximum Gasteiger partial charge on any atom is 0.306 e. The van der Waals surface area contributed by atoms with Crippen LogP contribution in [0.3, 0.4) is 0 Å². The number of carbonyl (C=O) groups excluding carboxylic acids is 1. The summed E-state index contributed by atoms with van der Waals surface area (Å²) in [5.41, 5.74) is 0. The van der Waals surface area contributed by atoms with Gasteiger partial charge in [-0.05, 0) is 19.3 Å². The minimum absolute atomic E-state index is 0.140. The van der Waals surface area contributed by atoms with Crippen molar-refractivity contribution >= 4 is 5.97 Å². The molecule has 0 rings (SSSR count). The van der Waals surface area contributed by atoms with E-state index in [1.54, 1.807) is 6.08 Å². The molecule has 12 heavy (non-hydrogen) atoms. The second-order valence-corrected chi connectivity index (χ2v) is 2.51. The van der Waals surface area contributed by atoms with Gasteiger partial charge in [-0.2, -0.15) is 0 Å². The van der Waals surface area contributed by atoms with Gasteiger partial charge in [-0.25, -0.2) is 0 Å². The molecular weight excluding hydrogens is 152 g/mol. The molecule has 0 unspecified atom stereocenters. The summed E-state index contributed by atoms with van der Waals surface area (Å²) in [5.74, 6) is -0.140. The van der Waals surface area contributed by atoms with Crippen LogP contribution in [0, 0.1) is 0 Å². The second kappa shape index (κ2) is 8.05. The molecule has 0 spiro atoms. The van der Waals surface area contributed by atoms with Gasteiger partial charge in [0.15, 0.2) is 0 Å². The molecule has 0 aliphatic carbocycles. The van der Waals surface area contributed by atoms with Crippen molar-refractivity contribution in [1.82, 2.24) is 0 Å². The first kappa shape index (κ1) is 11.0. The molecule has 2 heteroatoms. The van der Waals surface area contributed by atoms with E-state index in [1.807, 2.05) is 6.08 Å². The fourth-order valence-corrected chi connectivity index (χ4v) is 0.782. The number of rotatable bonds is 7. The lowest BCUT2D eigenvalue weighted by Crippen LogP contribution is -2.03. The van der Waals surface area contributed by atoms with E-state index in [0.29, 0.717) is 13.0 Å². The lowest BCUT2D eigenvalue weighted by Gasteiger charge is -1.99. The molecule has 0 bridgehead atoms. The summed E-state index contributed by atoms with van der Waals surface area (Å²) in [6.07, 6.45) is 6.78. The van der Waals surface area contributed by atoms with E-state index in [4.69, 9.17) is 4.74 Å². The molecular formula is C10H16O2. The van der Waals surface area contributed by atoms with Gasteiger partial charge in [0.1, 0.15) is 6.61 Å². The smallest absolute Gasteiger partial charge is 0.306 e. The Morgan fingerprint density at radius 2 is 2.00 bits per heavy atom. The predicted octanol–water partition coefficient (Wildman–Crippen LogP) is 2.46. The van der Waals surface area contributed by atoms with E-state index in [1.165, 1.54) is 0 Å². The van der Waals surface area contributed by atoms with E-state index in [2.05, 4.69) is 13.2 Å². The first-order chi connectivity index (χ1) is 5.81. The molecule has 0 saturated carbocycles. The van der Waals surface area contributed by atoms with Gasteiger partial charge in [-0.15, -0.1) is 6.58 Å². The van der Waals surface area contributed by atoms with Gasteiger partial charge >= 0.3 is 5.97 Å². The molecule has 2 nitrogen and oxygen atoms in total. The van der Waals surface area contributed by atoms with Crippen LogP contribution in [0.25, 0.3) is 0 Å². The zero-order chi connectivity index (χ0) is 9.23. The molecule has 0 saturated heterocycles. The number of hydrogen-bond donors (Lipinski definition) is 0. The van der Waals surface area contributed by atoms with Crippen molar-refractivity contribution in [1.29, 1.82) is 0 Å². The molecule has 68 valence electrons. The lowest BCUT2D eigenvalue weighted by molar-refractivity contribution is -0.142. The van der Waals surface area contributed by atoms with Crippen molar-refractivity contribution in [2.75, 3.05) is 6.61 Å². The van der Waals surface area contributed by atoms with Crippen LogP contribution < -0.4 is 0 Å². The Kier molecular flexibility index (Phi) is 7.35. The van der Waals surface area contributed by atoms with Gasteiger partial charge in [0.2, 0.25) is 0 Å². The van der Waals surface area contributed by atoms with Crippen LogP contribution in [0.2, 0.25) is 0 Å². The quantitative estimate of drug-likeness (QED) is 0.331. The van der Waals surface area contributed by atoms with Gasteiger partial charge in [0.25, 0.3) is 0 Å². The molecule has 0 aromatic heterocycles. The lowest BCUT2D eigenvalue weighted by atomic mass is 10.2. The van der Waals surface area contributed by atoms with Crippen molar-refractivity contribution in [3.63, 3.8) is 0 Å². The highest BCUT2D eigenvalue weighted by Crippen LogP contribution is 2.01. The molecule has 0 fully saturated rings. The van der Waals surface area contributed by atoms with Crippen LogP contribution in [-0.2, 0) is 9.53 Å². The third-order valence-electron chi connectivity index (χ3n) is 1.40. The Morgan fingerprint density at radius 1 is 1.25 bits per heavy atom. The minimum atomic E-state index is -0.140. The average Bonchev–Trinajstić information content (AvgIpc) is 2.09. The van der Waals surface area contributed by atoms with Crippen LogP contribution in [0.15, 0.2) is 25.3 Å². The van der Waals surface area contributed by atoms with E-state index < -0.39 is 0 Å². The van der Waals surface area contributed by atoms with E-state index >= 15 is 0 Å². The maximum atomic E-state index is 10.9. The summed E-state index contributed by atoms with van der Waals surface area (Å²) in [6.45, 7) is 7.37. The van der Waals surface area contributed by atoms with Crippen LogP contribution in [-0.4, -0.2) is 12.6 Å². The number of carbonyl (C=O) groups is 1. The molecule has 0 atom stereocenters. The Morgan fingerprint density at radius 3 is 2.58 bits per heavy atom. The SMILES string of the molecule is C=CCCCCC(=O)OCC=C. The minimum Gasteiger partial charge on any atom is -0.461 e. The third-order valence-corrected chi connectivity index (χ3v) is 1.40. The summed E-state index contributed by atoms with van der Waals surface area (Å²) in [6, 6.07) is 0. The monoisotopic (exact) mass is 168 g/mol. The number of unbranched alkanes of at least 4 members (excludes halogenated alkanes) is 2. The molecule has 0 aromatic rings. The van der Waals surface area contributed by atoms with Gasteiger partial charge in [-0.3, -0.25) is 4.79 Å². The highest BCUT2D eigenvalue weighted by Gasteiger charge is 1.99. The number of hydrogen-bond acceptors (Lipinski definition) is 2. The molecule has 0 aliphatic rings. The predicted molar refractivity (Wildman–Crippen MR) is 49.8 cm³/mol. The fraction of sp³-hybridized carbons (Fsp3) is 0.500. The Labute approximate surface area is 73.9 Å². The zero-order valence-electron chi connectivity index (χ0n) is 7.42. The molecule has 0 aromatic carbocycles. The number of esters is 1. The zero-order valence-corrected chi connectivity index (χ0v) is 7.42. The van der Waals surface area contributed by atoms with Gasteiger partial charge < -0.3 is 4.74 Å². The fourth-order valence-electron chi connectivity index (χ4n) is 0.782. The normalized spacial score (nSPS) is 9.00. The summed E-state index contributed by atoms with van der Waals surface area (Å²) in [4.78, 5) is 10.9. The van der Waals surface area contributed by atoms with Crippen LogP contribution in [0.1, 0.15) is 25.7 Å². The van der Waals surface area contributed by atoms with Crippen molar-refractivity contribution in [3.8, 4) is 0 Å². The van der Waals surface area contributed by atoms with E-state index in [0.717, 1.165) is 19.3 Å². The van der Waals surface area contributed by atoms with Gasteiger partial charge in [0, 0.05) is 6.42 Å². The topological polar surface area (TPSA) is 26.3 Å². The summed E-state index contributed by atoms with van der Waals surface area (Å²) < 4.78 is 4.79. The summed E-state index contributed by atoms with van der Waals surface area (Å²) in [7, 11) is 0. The van der Waals surface area contributed by atoms with Crippen LogP contribution in [0.5, 0.6) is 0 Å². The highest BCUT2D eigenvalue weighted by atomic mass is 16.5. The molecule has 0 amide bonds. The van der Waals surface area contributed by atoms with E-state index in [-0.39, 0.29) is 5.97 Å². The van der Waals surface area contributed by atoms with Gasteiger partial charge in [-0.1, -0.05) is 18.7 Å². The maximum absolute atomic E-state index is 10.9. The van der Waals surface area contributed by atoms with Crippen molar-refractivity contribution in [3.05, 3.63) is 25.3 Å². The third kappa shape index (κ3) is 7.06. The van der Waals surface area contributed by atoms with E-state index in [9.17, 15) is 4.79 Å². The first-order valence-electron chi connectivity index (χ1n) is 4.18. The second-order valence-electron chi connectivity index (χ2n) is 2.51. The van der Waals surface area contributed by atoms with Crippen molar-refractivity contribution in [2.24, 2.45) is 0 Å². The highest BCUT2D eigenvalue weighted by molar-refractivity contribution is 5.69. The van der Waals surface area contributed by atoms with Crippen molar-refractivity contribution in [2.45, 2.75) is 25.7 Å². The summed E-state index contributed by atoms with van der Waals surface area (Å²) >= 11 is 0. The molecule has 0 N–H and O–H groups in total. The van der Waals surface area contributed by atoms with Crippen LogP contribution >= 0.6 is 0 Å². The number of ether oxygens (including phenoxy) is 1. The molecule has 0 heterocycles. The van der Waals surface area contributed by atoms with Gasteiger partial charge in [0.05, 0.1) is 0 Å². The number of allylic oxidation sites excluding steroid dienone is 1. The first-order valence-corrected chi connectivity index (χ1v) is 4.18. The Bertz CT molecular complexity index is 150. The largest absolute Gasteiger partial charge is 0.461 e. The Hall–Kier alpha value is -1.05. The summed E-state index contributed by atoms with van der Waals surface area (Å²) in [5, 5.41) is 0.